The fraction of sp³-hybridized carbons (Fsp3) is 0.308. The number of benzene rings is 1. The first-order valence-electron chi connectivity index (χ1n) is 5.21. The number of rotatable bonds is 5. The minimum Gasteiger partial charge on any atom is -0.493 e. The normalized spacial score (nSPS) is 11.2. The van der Waals surface area contributed by atoms with Crippen molar-refractivity contribution in [2.45, 2.75) is 12.8 Å². The molecule has 0 aromatic heterocycles. The van der Waals surface area contributed by atoms with E-state index >= 15 is 0 Å². The van der Waals surface area contributed by atoms with Crippen LogP contribution in [0.3, 0.4) is 0 Å². The second kappa shape index (κ2) is 5.82. The third kappa shape index (κ3) is 2.66. The van der Waals surface area contributed by atoms with Crippen LogP contribution in [0.1, 0.15) is 18.4 Å². The van der Waals surface area contributed by atoms with Gasteiger partial charge in [-0.15, -0.1) is 0 Å². The fourth-order valence-corrected chi connectivity index (χ4v) is 1.52. The molecule has 0 radical (unpaired) electrons. The summed E-state index contributed by atoms with van der Waals surface area (Å²) in [4.78, 5) is 22.6. The zero-order valence-corrected chi connectivity index (χ0v) is 10.4. The summed E-state index contributed by atoms with van der Waals surface area (Å²) >= 11 is 0. The van der Waals surface area contributed by atoms with E-state index in [2.05, 4.69) is 0 Å². The standard InChI is InChI=1S/C13H13NO4/c1-8(15)13(16)10(7-14)9-4-5-11(17-2)12(6-9)18-3/h4-6,10H,1-3H3. The highest BCUT2D eigenvalue weighted by Gasteiger charge is 2.24. The van der Waals surface area contributed by atoms with Crippen LogP contribution in [0.25, 0.3) is 0 Å². The molecular formula is C13H13NO4. The van der Waals surface area contributed by atoms with Crippen LogP contribution in [0, 0.1) is 11.3 Å². The lowest BCUT2D eigenvalue weighted by molar-refractivity contribution is -0.135. The van der Waals surface area contributed by atoms with Gasteiger partial charge in [0.15, 0.2) is 17.3 Å². The summed E-state index contributed by atoms with van der Waals surface area (Å²) in [5.41, 5.74) is 0.412. The highest BCUT2D eigenvalue weighted by Crippen LogP contribution is 2.30. The Morgan fingerprint density at radius 3 is 2.28 bits per heavy atom. The first-order valence-corrected chi connectivity index (χ1v) is 5.21. The van der Waals surface area contributed by atoms with Gasteiger partial charge in [-0.2, -0.15) is 5.26 Å². The Balaban J connectivity index is 3.20. The summed E-state index contributed by atoms with van der Waals surface area (Å²) in [5.74, 6) is -1.58. The maximum absolute atomic E-state index is 11.6. The summed E-state index contributed by atoms with van der Waals surface area (Å²) in [6.45, 7) is 1.15. The van der Waals surface area contributed by atoms with Crippen LogP contribution in [-0.2, 0) is 9.59 Å². The van der Waals surface area contributed by atoms with Gasteiger partial charge < -0.3 is 9.47 Å². The lowest BCUT2D eigenvalue weighted by atomic mass is 9.94. The molecule has 0 saturated heterocycles. The molecule has 94 valence electrons. The minimum atomic E-state index is -1.11. The quantitative estimate of drug-likeness (QED) is 0.736. The number of carbonyl (C=O) groups is 2. The average Bonchev–Trinajstić information content (AvgIpc) is 2.39. The zero-order chi connectivity index (χ0) is 13.7. The van der Waals surface area contributed by atoms with Crippen molar-refractivity contribution in [3.05, 3.63) is 23.8 Å². The van der Waals surface area contributed by atoms with Crippen LogP contribution in [0.4, 0.5) is 0 Å². The van der Waals surface area contributed by atoms with Gasteiger partial charge in [-0.05, 0) is 17.7 Å². The molecule has 0 spiro atoms. The molecule has 0 heterocycles. The third-order valence-corrected chi connectivity index (χ3v) is 2.48. The van der Waals surface area contributed by atoms with Crippen LogP contribution >= 0.6 is 0 Å². The second-order valence-electron chi connectivity index (χ2n) is 3.60. The van der Waals surface area contributed by atoms with Crippen molar-refractivity contribution in [1.29, 1.82) is 5.26 Å². The monoisotopic (exact) mass is 247 g/mol. The van der Waals surface area contributed by atoms with E-state index in [1.165, 1.54) is 20.3 Å². The second-order valence-corrected chi connectivity index (χ2v) is 3.60. The summed E-state index contributed by atoms with van der Waals surface area (Å²) in [6, 6.07) is 6.50. The van der Waals surface area contributed by atoms with Crippen molar-refractivity contribution in [3.8, 4) is 17.6 Å². The number of hydrogen-bond acceptors (Lipinski definition) is 5. The summed E-state index contributed by atoms with van der Waals surface area (Å²) in [7, 11) is 2.94. The molecule has 0 aliphatic carbocycles. The summed E-state index contributed by atoms with van der Waals surface area (Å²) < 4.78 is 10.1. The largest absolute Gasteiger partial charge is 0.493 e. The van der Waals surface area contributed by atoms with E-state index in [-0.39, 0.29) is 0 Å². The predicted molar refractivity (Wildman–Crippen MR) is 63.6 cm³/mol. The molecule has 0 bridgehead atoms. The van der Waals surface area contributed by atoms with Gasteiger partial charge in [0.1, 0.15) is 5.92 Å². The Kier molecular flexibility index (Phi) is 4.44. The lowest BCUT2D eigenvalue weighted by Gasteiger charge is -2.11. The predicted octanol–water partition coefficient (Wildman–Crippen LogP) is 1.47. The Morgan fingerprint density at radius 1 is 1.22 bits per heavy atom. The molecule has 0 aliphatic heterocycles. The van der Waals surface area contributed by atoms with Gasteiger partial charge in [-0.25, -0.2) is 0 Å². The molecular weight excluding hydrogens is 234 g/mol. The number of ketones is 2. The molecule has 1 rings (SSSR count). The van der Waals surface area contributed by atoms with Crippen molar-refractivity contribution in [3.63, 3.8) is 0 Å². The van der Waals surface area contributed by atoms with Crippen LogP contribution < -0.4 is 9.47 Å². The van der Waals surface area contributed by atoms with E-state index in [9.17, 15) is 9.59 Å². The van der Waals surface area contributed by atoms with Gasteiger partial charge in [-0.3, -0.25) is 9.59 Å². The molecule has 0 N–H and O–H groups in total. The van der Waals surface area contributed by atoms with Gasteiger partial charge in [0.2, 0.25) is 5.78 Å². The van der Waals surface area contributed by atoms with Crippen LogP contribution in [0.2, 0.25) is 0 Å². The number of carbonyl (C=O) groups excluding carboxylic acids is 2. The lowest BCUT2D eigenvalue weighted by Crippen LogP contribution is -2.18. The molecule has 0 fully saturated rings. The average molecular weight is 247 g/mol. The van der Waals surface area contributed by atoms with Gasteiger partial charge in [0, 0.05) is 6.92 Å². The summed E-state index contributed by atoms with van der Waals surface area (Å²) in [5, 5.41) is 8.99. The van der Waals surface area contributed by atoms with Crippen LogP contribution in [0.5, 0.6) is 11.5 Å². The molecule has 1 unspecified atom stereocenters. The van der Waals surface area contributed by atoms with Gasteiger partial charge in [0.25, 0.3) is 0 Å². The number of nitrogens with zero attached hydrogens (tertiary/aromatic N) is 1. The number of methoxy groups -OCH3 is 2. The molecule has 0 aliphatic rings. The molecule has 0 saturated carbocycles. The molecule has 5 nitrogen and oxygen atoms in total. The smallest absolute Gasteiger partial charge is 0.219 e. The Bertz CT molecular complexity index is 516. The minimum absolute atomic E-state index is 0.409. The maximum atomic E-state index is 11.6. The number of nitriles is 1. The van der Waals surface area contributed by atoms with Gasteiger partial charge >= 0.3 is 0 Å². The van der Waals surface area contributed by atoms with E-state index in [1.807, 2.05) is 6.07 Å². The molecule has 1 atom stereocenters. The van der Waals surface area contributed by atoms with Crippen molar-refractivity contribution in [1.82, 2.24) is 0 Å². The molecule has 0 amide bonds. The highest BCUT2D eigenvalue weighted by atomic mass is 16.5. The van der Waals surface area contributed by atoms with Crippen LogP contribution in [-0.4, -0.2) is 25.8 Å². The summed E-state index contributed by atoms with van der Waals surface area (Å²) in [6.07, 6.45) is 0. The number of ether oxygens (including phenoxy) is 2. The van der Waals surface area contributed by atoms with Crippen molar-refractivity contribution < 1.29 is 19.1 Å². The molecule has 18 heavy (non-hydrogen) atoms. The van der Waals surface area contributed by atoms with Crippen molar-refractivity contribution >= 4 is 11.6 Å². The first kappa shape index (κ1) is 13.7. The molecule has 1 aromatic carbocycles. The highest BCUT2D eigenvalue weighted by molar-refractivity contribution is 6.39. The molecule has 5 heteroatoms. The first-order chi connectivity index (χ1) is 8.54. The zero-order valence-electron chi connectivity index (χ0n) is 10.4. The van der Waals surface area contributed by atoms with Gasteiger partial charge in [0.05, 0.1) is 20.3 Å². The van der Waals surface area contributed by atoms with Crippen molar-refractivity contribution in [2.24, 2.45) is 0 Å². The van der Waals surface area contributed by atoms with E-state index in [1.54, 1.807) is 12.1 Å². The van der Waals surface area contributed by atoms with Crippen LogP contribution in [0.15, 0.2) is 18.2 Å². The third-order valence-electron chi connectivity index (χ3n) is 2.48. The van der Waals surface area contributed by atoms with E-state index in [4.69, 9.17) is 14.7 Å². The Hall–Kier alpha value is -2.35. The SMILES string of the molecule is COc1ccc(C(C#N)C(=O)C(C)=O)cc1OC. The van der Waals surface area contributed by atoms with Gasteiger partial charge in [-0.1, -0.05) is 6.07 Å². The Morgan fingerprint density at radius 2 is 1.83 bits per heavy atom. The fourth-order valence-electron chi connectivity index (χ4n) is 1.52. The molecule has 1 aromatic rings. The van der Waals surface area contributed by atoms with E-state index < -0.39 is 17.5 Å². The Labute approximate surface area is 105 Å². The number of Topliss-reactive ketones (excluding diaryl/α,β-unsaturated/α-hetero) is 2. The number of hydrogen-bond donors (Lipinski definition) is 0. The van der Waals surface area contributed by atoms with E-state index in [0.29, 0.717) is 17.1 Å². The van der Waals surface area contributed by atoms with Crippen molar-refractivity contribution in [2.75, 3.05) is 14.2 Å². The van der Waals surface area contributed by atoms with E-state index in [0.717, 1.165) is 6.92 Å². The maximum Gasteiger partial charge on any atom is 0.219 e. The topological polar surface area (TPSA) is 76.4 Å².